The Balaban J connectivity index is 1.84. The lowest BCUT2D eigenvalue weighted by molar-refractivity contribution is -0.136. The lowest BCUT2D eigenvalue weighted by Crippen LogP contribution is -2.36. The average Bonchev–Trinajstić information content (AvgIpc) is 2.61. The van der Waals surface area contributed by atoms with Crippen molar-refractivity contribution in [1.82, 2.24) is 5.32 Å². The maximum absolute atomic E-state index is 11.9. The van der Waals surface area contributed by atoms with Crippen LogP contribution >= 0.6 is 0 Å². The van der Waals surface area contributed by atoms with Gasteiger partial charge in [-0.15, -0.1) is 0 Å². The summed E-state index contributed by atoms with van der Waals surface area (Å²) in [4.78, 5) is 23.8. The van der Waals surface area contributed by atoms with Crippen molar-refractivity contribution in [2.45, 2.75) is 13.3 Å². The molecule has 0 aliphatic carbocycles. The number of hydrogen-bond donors (Lipinski definition) is 2. The Morgan fingerprint density at radius 3 is 2.40 bits per heavy atom. The fourth-order valence-electron chi connectivity index (χ4n) is 2.35. The van der Waals surface area contributed by atoms with E-state index in [1.54, 1.807) is 32.4 Å². The molecule has 0 aliphatic rings. The van der Waals surface area contributed by atoms with Crippen molar-refractivity contribution in [3.63, 3.8) is 0 Å². The molecule has 2 aromatic rings. The van der Waals surface area contributed by atoms with E-state index < -0.39 is 11.8 Å². The van der Waals surface area contributed by atoms with E-state index in [0.29, 0.717) is 30.2 Å². The number of methoxy groups -OCH3 is 2. The second-order valence-electron chi connectivity index (χ2n) is 5.52. The Kier molecular flexibility index (Phi) is 6.39. The molecule has 2 N–H and O–H groups in total. The van der Waals surface area contributed by atoms with Gasteiger partial charge in [0.2, 0.25) is 0 Å². The van der Waals surface area contributed by atoms with Crippen molar-refractivity contribution in [2.24, 2.45) is 0 Å². The van der Waals surface area contributed by atoms with E-state index in [0.717, 1.165) is 11.1 Å². The summed E-state index contributed by atoms with van der Waals surface area (Å²) < 4.78 is 10.4. The third-order valence-corrected chi connectivity index (χ3v) is 3.63. The number of carbonyl (C=O) groups excluding carboxylic acids is 2. The largest absolute Gasteiger partial charge is 0.493 e. The third-order valence-electron chi connectivity index (χ3n) is 3.63. The zero-order valence-electron chi connectivity index (χ0n) is 14.6. The highest BCUT2D eigenvalue weighted by molar-refractivity contribution is 6.39. The van der Waals surface area contributed by atoms with E-state index in [-0.39, 0.29) is 0 Å². The normalized spacial score (nSPS) is 10.0. The SMILES string of the molecule is COc1ccc(CCNC(=O)C(=O)Nc2cccc(C)c2)cc1OC. The predicted octanol–water partition coefficient (Wildman–Crippen LogP) is 2.31. The molecule has 0 bridgehead atoms. The van der Waals surface area contributed by atoms with Gasteiger partial charge in [-0.1, -0.05) is 18.2 Å². The van der Waals surface area contributed by atoms with Gasteiger partial charge in [-0.2, -0.15) is 0 Å². The molecule has 0 atom stereocenters. The number of amides is 2. The Labute approximate surface area is 147 Å². The Morgan fingerprint density at radius 1 is 0.960 bits per heavy atom. The molecule has 0 spiro atoms. The van der Waals surface area contributed by atoms with E-state index in [2.05, 4.69) is 10.6 Å². The molecule has 0 unspecified atom stereocenters. The van der Waals surface area contributed by atoms with Crippen LogP contribution in [0.25, 0.3) is 0 Å². The summed E-state index contributed by atoms with van der Waals surface area (Å²) in [6.07, 6.45) is 0.573. The number of ether oxygens (including phenoxy) is 2. The van der Waals surface area contributed by atoms with Crippen molar-refractivity contribution in [3.8, 4) is 11.5 Å². The molecule has 6 nitrogen and oxygen atoms in total. The topological polar surface area (TPSA) is 76.7 Å². The molecule has 6 heteroatoms. The number of benzene rings is 2. The van der Waals surface area contributed by atoms with E-state index in [4.69, 9.17) is 9.47 Å². The van der Waals surface area contributed by atoms with Crippen LogP contribution in [0.5, 0.6) is 11.5 Å². The quantitative estimate of drug-likeness (QED) is 0.790. The number of anilines is 1. The van der Waals surface area contributed by atoms with Crippen molar-refractivity contribution < 1.29 is 19.1 Å². The van der Waals surface area contributed by atoms with Gasteiger partial charge in [0.1, 0.15) is 0 Å². The van der Waals surface area contributed by atoms with Crippen molar-refractivity contribution in [3.05, 3.63) is 53.6 Å². The molecule has 132 valence electrons. The molecule has 0 aromatic heterocycles. The summed E-state index contributed by atoms with van der Waals surface area (Å²) in [5.41, 5.74) is 2.57. The molecule has 2 amide bonds. The average molecular weight is 342 g/mol. The van der Waals surface area contributed by atoms with E-state index >= 15 is 0 Å². The van der Waals surface area contributed by atoms with Gasteiger partial charge in [-0.25, -0.2) is 0 Å². The fraction of sp³-hybridized carbons (Fsp3) is 0.263. The highest BCUT2D eigenvalue weighted by Crippen LogP contribution is 2.27. The minimum absolute atomic E-state index is 0.343. The van der Waals surface area contributed by atoms with Crippen LogP contribution in [0.2, 0.25) is 0 Å². The molecule has 2 rings (SSSR count). The monoisotopic (exact) mass is 342 g/mol. The lowest BCUT2D eigenvalue weighted by atomic mass is 10.1. The Morgan fingerprint density at radius 2 is 1.72 bits per heavy atom. The van der Waals surface area contributed by atoms with E-state index in [1.807, 2.05) is 31.2 Å². The molecule has 0 radical (unpaired) electrons. The van der Waals surface area contributed by atoms with Gasteiger partial charge >= 0.3 is 11.8 Å². The number of nitrogens with one attached hydrogen (secondary N) is 2. The van der Waals surface area contributed by atoms with Crippen LogP contribution in [0.1, 0.15) is 11.1 Å². The summed E-state index contributed by atoms with van der Waals surface area (Å²) in [5.74, 6) is -0.0729. The van der Waals surface area contributed by atoms with Crippen LogP contribution < -0.4 is 20.1 Å². The highest BCUT2D eigenvalue weighted by atomic mass is 16.5. The molecule has 25 heavy (non-hydrogen) atoms. The third kappa shape index (κ3) is 5.24. The molecule has 0 saturated heterocycles. The molecule has 0 heterocycles. The van der Waals surface area contributed by atoms with E-state index in [1.165, 1.54) is 0 Å². The fourth-order valence-corrected chi connectivity index (χ4v) is 2.35. The lowest BCUT2D eigenvalue weighted by Gasteiger charge is -2.10. The Bertz CT molecular complexity index is 759. The zero-order chi connectivity index (χ0) is 18.2. The van der Waals surface area contributed by atoms with Gasteiger partial charge in [-0.05, 0) is 48.7 Å². The standard InChI is InChI=1S/C19H22N2O4/c1-13-5-4-6-15(11-13)21-19(23)18(22)20-10-9-14-7-8-16(24-2)17(12-14)25-3/h4-8,11-12H,9-10H2,1-3H3,(H,20,22)(H,21,23). The minimum Gasteiger partial charge on any atom is -0.493 e. The van der Waals surface area contributed by atoms with Gasteiger partial charge in [-0.3, -0.25) is 9.59 Å². The second kappa shape index (κ2) is 8.73. The van der Waals surface area contributed by atoms with Gasteiger partial charge < -0.3 is 20.1 Å². The first-order valence-corrected chi connectivity index (χ1v) is 7.90. The van der Waals surface area contributed by atoms with Gasteiger partial charge in [0.15, 0.2) is 11.5 Å². The van der Waals surface area contributed by atoms with Gasteiger partial charge in [0.05, 0.1) is 14.2 Å². The minimum atomic E-state index is -0.682. The number of hydrogen-bond acceptors (Lipinski definition) is 4. The van der Waals surface area contributed by atoms with Crippen molar-refractivity contribution in [1.29, 1.82) is 0 Å². The molecular weight excluding hydrogens is 320 g/mol. The van der Waals surface area contributed by atoms with Gasteiger partial charge in [0.25, 0.3) is 0 Å². The molecule has 0 fully saturated rings. The molecule has 0 saturated carbocycles. The number of aryl methyl sites for hydroxylation is 1. The summed E-state index contributed by atoms with van der Waals surface area (Å²) in [7, 11) is 3.14. The summed E-state index contributed by atoms with van der Waals surface area (Å²) in [6, 6.07) is 12.8. The van der Waals surface area contributed by atoms with Crippen LogP contribution in [0.4, 0.5) is 5.69 Å². The number of carbonyl (C=O) groups is 2. The molecule has 2 aromatic carbocycles. The maximum Gasteiger partial charge on any atom is 0.313 e. The smallest absolute Gasteiger partial charge is 0.313 e. The molecular formula is C19H22N2O4. The summed E-state index contributed by atoms with van der Waals surface area (Å²) in [5, 5.41) is 5.19. The van der Waals surface area contributed by atoms with E-state index in [9.17, 15) is 9.59 Å². The van der Waals surface area contributed by atoms with Crippen LogP contribution in [-0.2, 0) is 16.0 Å². The van der Waals surface area contributed by atoms with Crippen molar-refractivity contribution in [2.75, 3.05) is 26.1 Å². The molecule has 0 aliphatic heterocycles. The first-order chi connectivity index (χ1) is 12.0. The predicted molar refractivity (Wildman–Crippen MR) is 96.1 cm³/mol. The first kappa shape index (κ1) is 18.3. The zero-order valence-corrected chi connectivity index (χ0v) is 14.6. The maximum atomic E-state index is 11.9. The summed E-state index contributed by atoms with van der Waals surface area (Å²) >= 11 is 0. The van der Waals surface area contributed by atoms with Crippen molar-refractivity contribution >= 4 is 17.5 Å². The first-order valence-electron chi connectivity index (χ1n) is 7.90. The van der Waals surface area contributed by atoms with Crippen LogP contribution in [0.15, 0.2) is 42.5 Å². The second-order valence-corrected chi connectivity index (χ2v) is 5.52. The van der Waals surface area contributed by atoms with Crippen LogP contribution in [0.3, 0.4) is 0 Å². The summed E-state index contributed by atoms with van der Waals surface area (Å²) in [6.45, 7) is 2.26. The van der Waals surface area contributed by atoms with Crippen LogP contribution in [0, 0.1) is 6.92 Å². The Hall–Kier alpha value is -3.02. The van der Waals surface area contributed by atoms with Crippen LogP contribution in [-0.4, -0.2) is 32.6 Å². The highest BCUT2D eigenvalue weighted by Gasteiger charge is 2.13. The van der Waals surface area contributed by atoms with Gasteiger partial charge in [0, 0.05) is 12.2 Å². The number of rotatable bonds is 6.